The van der Waals surface area contributed by atoms with E-state index in [9.17, 15) is 0 Å². The molecule has 1 unspecified atom stereocenters. The summed E-state index contributed by atoms with van der Waals surface area (Å²) in [5.74, 6) is 1.22. The van der Waals surface area contributed by atoms with Crippen LogP contribution in [0.1, 0.15) is 44.9 Å². The molecule has 110 valence electrons. The van der Waals surface area contributed by atoms with E-state index in [0.717, 1.165) is 32.5 Å². The van der Waals surface area contributed by atoms with Gasteiger partial charge in [0, 0.05) is 43.0 Å². The van der Waals surface area contributed by atoms with Crippen LogP contribution >= 0.6 is 0 Å². The maximum atomic E-state index is 4.61. The molecule has 0 amide bonds. The molecule has 3 rings (SSSR count). The first-order valence-corrected chi connectivity index (χ1v) is 8.04. The summed E-state index contributed by atoms with van der Waals surface area (Å²) in [5.41, 5.74) is 2.70. The maximum absolute atomic E-state index is 4.61. The molecule has 20 heavy (non-hydrogen) atoms. The zero-order valence-electron chi connectivity index (χ0n) is 13.0. The molecule has 4 nitrogen and oxygen atoms in total. The first-order chi connectivity index (χ1) is 9.70. The van der Waals surface area contributed by atoms with Crippen LogP contribution < -0.4 is 4.90 Å². The van der Waals surface area contributed by atoms with Crippen molar-refractivity contribution < 1.29 is 0 Å². The molecule has 2 aliphatic rings. The van der Waals surface area contributed by atoms with Gasteiger partial charge in [0.2, 0.25) is 0 Å². The van der Waals surface area contributed by atoms with E-state index in [0.29, 0.717) is 12.1 Å². The van der Waals surface area contributed by atoms with Gasteiger partial charge in [-0.05, 0) is 39.5 Å². The average molecular weight is 274 g/mol. The minimum absolute atomic E-state index is 0.637. The van der Waals surface area contributed by atoms with Crippen molar-refractivity contribution in [2.75, 3.05) is 24.5 Å². The number of aromatic nitrogens is 2. The summed E-state index contributed by atoms with van der Waals surface area (Å²) in [6.45, 7) is 10.3. The standard InChI is InChI=1S/C16H26N4/c1-4-13-10-19(8-9-20(13)12(2)3)16-14-6-5-7-15(14)17-11-18-16/h11-13H,4-10H2,1-3H3. The number of hydrogen-bond donors (Lipinski definition) is 0. The summed E-state index contributed by atoms with van der Waals surface area (Å²) in [6.07, 6.45) is 6.50. The highest BCUT2D eigenvalue weighted by Crippen LogP contribution is 2.29. The first-order valence-electron chi connectivity index (χ1n) is 8.04. The van der Waals surface area contributed by atoms with E-state index < -0.39 is 0 Å². The smallest absolute Gasteiger partial charge is 0.135 e. The van der Waals surface area contributed by atoms with Crippen LogP contribution in [-0.4, -0.2) is 46.6 Å². The molecule has 2 heterocycles. The topological polar surface area (TPSA) is 32.3 Å². The zero-order valence-corrected chi connectivity index (χ0v) is 13.0. The SMILES string of the molecule is CCC1CN(c2ncnc3c2CCC3)CCN1C(C)C. The van der Waals surface area contributed by atoms with Gasteiger partial charge in [0.25, 0.3) is 0 Å². The lowest BCUT2D eigenvalue weighted by molar-refractivity contribution is 0.133. The van der Waals surface area contributed by atoms with E-state index >= 15 is 0 Å². The fraction of sp³-hybridized carbons (Fsp3) is 0.750. The van der Waals surface area contributed by atoms with Crippen molar-refractivity contribution >= 4 is 5.82 Å². The predicted molar refractivity (Wildman–Crippen MR) is 82.2 cm³/mol. The predicted octanol–water partition coefficient (Wildman–Crippen LogP) is 2.27. The second-order valence-electron chi connectivity index (χ2n) is 6.32. The Kier molecular flexibility index (Phi) is 3.92. The largest absolute Gasteiger partial charge is 0.353 e. The van der Waals surface area contributed by atoms with Gasteiger partial charge in [-0.2, -0.15) is 0 Å². The Labute approximate surface area is 122 Å². The van der Waals surface area contributed by atoms with Gasteiger partial charge < -0.3 is 4.90 Å². The van der Waals surface area contributed by atoms with Crippen LogP contribution in [0, 0.1) is 0 Å². The Morgan fingerprint density at radius 1 is 1.25 bits per heavy atom. The van der Waals surface area contributed by atoms with Crippen molar-refractivity contribution in [3.05, 3.63) is 17.6 Å². The molecular weight excluding hydrogens is 248 g/mol. The van der Waals surface area contributed by atoms with Crippen molar-refractivity contribution in [3.63, 3.8) is 0 Å². The van der Waals surface area contributed by atoms with Gasteiger partial charge in [0.1, 0.15) is 12.1 Å². The molecule has 1 aromatic rings. The third-order valence-corrected chi connectivity index (χ3v) is 4.81. The molecule has 1 aromatic heterocycles. The molecular formula is C16H26N4. The van der Waals surface area contributed by atoms with Crippen LogP contribution in [-0.2, 0) is 12.8 Å². The Morgan fingerprint density at radius 2 is 2.10 bits per heavy atom. The third kappa shape index (κ3) is 2.41. The number of fused-ring (bicyclic) bond motifs is 1. The van der Waals surface area contributed by atoms with Crippen molar-refractivity contribution in [3.8, 4) is 0 Å². The van der Waals surface area contributed by atoms with Crippen LogP contribution in [0.15, 0.2) is 6.33 Å². The minimum atomic E-state index is 0.637. The molecule has 4 heteroatoms. The van der Waals surface area contributed by atoms with Gasteiger partial charge in [-0.3, -0.25) is 4.90 Å². The number of hydrogen-bond acceptors (Lipinski definition) is 4. The number of rotatable bonds is 3. The van der Waals surface area contributed by atoms with Crippen LogP contribution in [0.25, 0.3) is 0 Å². The normalized spacial score (nSPS) is 23.4. The number of aryl methyl sites for hydroxylation is 1. The summed E-state index contributed by atoms with van der Waals surface area (Å²) in [6, 6.07) is 1.29. The Hall–Kier alpha value is -1.16. The number of nitrogens with zero attached hydrogens (tertiary/aromatic N) is 4. The van der Waals surface area contributed by atoms with Gasteiger partial charge in [0.15, 0.2) is 0 Å². The fourth-order valence-corrected chi connectivity index (χ4v) is 3.72. The number of anilines is 1. The summed E-state index contributed by atoms with van der Waals surface area (Å²) in [5, 5.41) is 0. The van der Waals surface area contributed by atoms with Gasteiger partial charge in [-0.1, -0.05) is 6.92 Å². The van der Waals surface area contributed by atoms with E-state index in [1.807, 2.05) is 0 Å². The molecule has 1 aliphatic heterocycles. The highest BCUT2D eigenvalue weighted by Gasteiger charge is 2.30. The summed E-state index contributed by atoms with van der Waals surface area (Å²) in [7, 11) is 0. The van der Waals surface area contributed by atoms with Crippen molar-refractivity contribution in [2.45, 2.75) is 58.5 Å². The average Bonchev–Trinajstić information content (AvgIpc) is 2.94. The van der Waals surface area contributed by atoms with E-state index in [1.54, 1.807) is 6.33 Å². The molecule has 0 saturated carbocycles. The monoisotopic (exact) mass is 274 g/mol. The second kappa shape index (κ2) is 5.68. The Balaban J connectivity index is 1.81. The van der Waals surface area contributed by atoms with E-state index in [-0.39, 0.29) is 0 Å². The fourth-order valence-electron chi connectivity index (χ4n) is 3.72. The molecule has 1 atom stereocenters. The lowest BCUT2D eigenvalue weighted by Crippen LogP contribution is -2.55. The maximum Gasteiger partial charge on any atom is 0.135 e. The molecule has 0 N–H and O–H groups in total. The molecule has 1 fully saturated rings. The highest BCUT2D eigenvalue weighted by atomic mass is 15.3. The molecule has 1 saturated heterocycles. The van der Waals surface area contributed by atoms with Gasteiger partial charge in [-0.15, -0.1) is 0 Å². The molecule has 0 aromatic carbocycles. The number of piperazine rings is 1. The summed E-state index contributed by atoms with van der Waals surface area (Å²) >= 11 is 0. The van der Waals surface area contributed by atoms with Gasteiger partial charge in [0.05, 0.1) is 0 Å². The van der Waals surface area contributed by atoms with Crippen molar-refractivity contribution in [2.24, 2.45) is 0 Å². The van der Waals surface area contributed by atoms with E-state index in [2.05, 4.69) is 40.5 Å². The Morgan fingerprint density at radius 3 is 2.85 bits per heavy atom. The lowest BCUT2D eigenvalue weighted by atomic mass is 10.1. The highest BCUT2D eigenvalue weighted by molar-refractivity contribution is 5.51. The Bertz CT molecular complexity index is 472. The lowest BCUT2D eigenvalue weighted by Gasteiger charge is -2.44. The summed E-state index contributed by atoms with van der Waals surface area (Å²) in [4.78, 5) is 14.2. The van der Waals surface area contributed by atoms with Gasteiger partial charge >= 0.3 is 0 Å². The zero-order chi connectivity index (χ0) is 14.1. The molecule has 0 radical (unpaired) electrons. The summed E-state index contributed by atoms with van der Waals surface area (Å²) < 4.78 is 0. The second-order valence-corrected chi connectivity index (χ2v) is 6.32. The van der Waals surface area contributed by atoms with Crippen molar-refractivity contribution in [1.29, 1.82) is 0 Å². The van der Waals surface area contributed by atoms with Gasteiger partial charge in [-0.25, -0.2) is 9.97 Å². The molecule has 0 bridgehead atoms. The van der Waals surface area contributed by atoms with Crippen LogP contribution in [0.4, 0.5) is 5.82 Å². The van der Waals surface area contributed by atoms with Crippen molar-refractivity contribution in [1.82, 2.24) is 14.9 Å². The molecule has 1 aliphatic carbocycles. The third-order valence-electron chi connectivity index (χ3n) is 4.81. The van der Waals surface area contributed by atoms with Crippen LogP contribution in [0.3, 0.4) is 0 Å². The minimum Gasteiger partial charge on any atom is -0.353 e. The van der Waals surface area contributed by atoms with E-state index in [1.165, 1.54) is 29.9 Å². The van der Waals surface area contributed by atoms with E-state index in [4.69, 9.17) is 0 Å². The quantitative estimate of drug-likeness (QED) is 0.846. The van der Waals surface area contributed by atoms with Crippen LogP contribution in [0.2, 0.25) is 0 Å². The van der Waals surface area contributed by atoms with Crippen LogP contribution in [0.5, 0.6) is 0 Å². The molecule has 0 spiro atoms. The first kappa shape index (κ1) is 13.8.